The van der Waals surface area contributed by atoms with E-state index in [9.17, 15) is 0 Å². The summed E-state index contributed by atoms with van der Waals surface area (Å²) in [6, 6.07) is 8.51. The van der Waals surface area contributed by atoms with Crippen LogP contribution in [0.15, 0.2) is 29.3 Å². The number of nitrogens with one attached hydrogen (secondary N) is 1. The van der Waals surface area contributed by atoms with Crippen LogP contribution in [0.3, 0.4) is 0 Å². The van der Waals surface area contributed by atoms with Crippen molar-refractivity contribution in [2.24, 2.45) is 10.8 Å². The first-order valence-corrected chi connectivity index (χ1v) is 8.00. The predicted octanol–water partition coefficient (Wildman–Crippen LogP) is 3.35. The maximum atomic E-state index is 5.76. The fourth-order valence-corrected chi connectivity index (χ4v) is 2.75. The Bertz CT molecular complexity index is 451. The van der Waals surface area contributed by atoms with Gasteiger partial charge in [0.05, 0.1) is 12.6 Å². The number of ether oxygens (including phenoxy) is 1. The Morgan fingerprint density at radius 2 is 2.05 bits per heavy atom. The Morgan fingerprint density at radius 1 is 1.29 bits per heavy atom. The highest BCUT2D eigenvalue weighted by Gasteiger charge is 2.11. The van der Waals surface area contributed by atoms with Gasteiger partial charge in [-0.2, -0.15) is 0 Å². The largest absolute Gasteiger partial charge is 0.493 e. The smallest absolute Gasteiger partial charge is 0.119 e. The summed E-state index contributed by atoms with van der Waals surface area (Å²) >= 11 is 0. The van der Waals surface area contributed by atoms with Crippen molar-refractivity contribution in [1.29, 1.82) is 0 Å². The summed E-state index contributed by atoms with van der Waals surface area (Å²) in [5.41, 5.74) is 3.94. The summed E-state index contributed by atoms with van der Waals surface area (Å²) < 4.78 is 5.76. The van der Waals surface area contributed by atoms with Gasteiger partial charge in [-0.15, -0.1) is 0 Å². The summed E-state index contributed by atoms with van der Waals surface area (Å²) in [6.45, 7) is 2.66. The second-order valence-electron chi connectivity index (χ2n) is 5.78. The average Bonchev–Trinajstić information content (AvgIpc) is 2.75. The SMILES string of the molecule is Cc1cccc(OCCC(=NC2CCCCCC2)NN)c1. The van der Waals surface area contributed by atoms with Gasteiger partial charge in [-0.3, -0.25) is 4.99 Å². The van der Waals surface area contributed by atoms with Crippen LogP contribution in [0.25, 0.3) is 0 Å². The molecule has 4 nitrogen and oxygen atoms in total. The highest BCUT2D eigenvalue weighted by atomic mass is 16.5. The van der Waals surface area contributed by atoms with Gasteiger partial charge in [0.1, 0.15) is 11.6 Å². The number of nitrogens with zero attached hydrogens (tertiary/aromatic N) is 1. The molecule has 1 saturated carbocycles. The first-order valence-electron chi connectivity index (χ1n) is 8.00. The van der Waals surface area contributed by atoms with Gasteiger partial charge in [0.15, 0.2) is 0 Å². The molecule has 21 heavy (non-hydrogen) atoms. The average molecular weight is 289 g/mol. The van der Waals surface area contributed by atoms with Crippen LogP contribution in [0.1, 0.15) is 50.5 Å². The number of aryl methyl sites for hydroxylation is 1. The third-order valence-corrected chi connectivity index (χ3v) is 3.93. The van der Waals surface area contributed by atoms with Crippen LogP contribution in [-0.4, -0.2) is 18.5 Å². The van der Waals surface area contributed by atoms with E-state index in [1.807, 2.05) is 18.2 Å². The summed E-state index contributed by atoms with van der Waals surface area (Å²) in [6.07, 6.45) is 8.34. The van der Waals surface area contributed by atoms with Gasteiger partial charge >= 0.3 is 0 Å². The fraction of sp³-hybridized carbons (Fsp3) is 0.588. The minimum atomic E-state index is 0.428. The highest BCUT2D eigenvalue weighted by Crippen LogP contribution is 2.20. The van der Waals surface area contributed by atoms with Gasteiger partial charge in [-0.25, -0.2) is 5.84 Å². The van der Waals surface area contributed by atoms with Gasteiger partial charge in [-0.1, -0.05) is 37.8 Å². The van der Waals surface area contributed by atoms with E-state index in [1.165, 1.54) is 44.1 Å². The number of nitrogens with two attached hydrogens (primary N) is 1. The molecule has 0 amide bonds. The minimum absolute atomic E-state index is 0.428. The molecule has 0 atom stereocenters. The summed E-state index contributed by atoms with van der Waals surface area (Å²) in [5.74, 6) is 7.36. The molecule has 0 spiro atoms. The van der Waals surface area contributed by atoms with Crippen LogP contribution in [0.4, 0.5) is 0 Å². The van der Waals surface area contributed by atoms with E-state index in [1.54, 1.807) is 0 Å². The van der Waals surface area contributed by atoms with Crippen molar-refractivity contribution in [2.45, 2.75) is 57.9 Å². The van der Waals surface area contributed by atoms with Crippen molar-refractivity contribution in [3.63, 3.8) is 0 Å². The summed E-state index contributed by atoms with van der Waals surface area (Å²) in [5, 5.41) is 0. The summed E-state index contributed by atoms with van der Waals surface area (Å²) in [4.78, 5) is 4.76. The van der Waals surface area contributed by atoms with Crippen molar-refractivity contribution >= 4 is 5.84 Å². The number of amidine groups is 1. The molecule has 3 N–H and O–H groups in total. The van der Waals surface area contributed by atoms with Gasteiger partial charge in [-0.05, 0) is 37.5 Å². The molecule has 1 fully saturated rings. The zero-order valence-corrected chi connectivity index (χ0v) is 13.0. The normalized spacial score (nSPS) is 17.3. The Kier molecular flexibility index (Phi) is 6.54. The monoisotopic (exact) mass is 289 g/mol. The van der Waals surface area contributed by atoms with Crippen molar-refractivity contribution in [2.75, 3.05) is 6.61 Å². The fourth-order valence-electron chi connectivity index (χ4n) is 2.75. The third-order valence-electron chi connectivity index (χ3n) is 3.93. The number of rotatable bonds is 5. The quantitative estimate of drug-likeness (QED) is 0.287. The van der Waals surface area contributed by atoms with E-state index in [2.05, 4.69) is 18.4 Å². The van der Waals surface area contributed by atoms with Crippen LogP contribution in [0.2, 0.25) is 0 Å². The highest BCUT2D eigenvalue weighted by molar-refractivity contribution is 5.81. The molecule has 1 aliphatic rings. The second kappa shape index (κ2) is 8.67. The second-order valence-corrected chi connectivity index (χ2v) is 5.78. The van der Waals surface area contributed by atoms with Gasteiger partial charge in [0.25, 0.3) is 0 Å². The van der Waals surface area contributed by atoms with E-state index in [4.69, 9.17) is 15.6 Å². The molecule has 0 bridgehead atoms. The van der Waals surface area contributed by atoms with E-state index in [0.29, 0.717) is 12.6 Å². The topological polar surface area (TPSA) is 59.6 Å². The Balaban J connectivity index is 1.81. The van der Waals surface area contributed by atoms with Gasteiger partial charge < -0.3 is 10.2 Å². The standard InChI is InChI=1S/C17H27N3O/c1-14-7-6-10-16(13-14)21-12-11-17(20-18)19-15-8-4-2-3-5-9-15/h6-7,10,13,15H,2-5,8-9,11-12,18H2,1H3,(H,19,20). The van der Waals surface area contributed by atoms with E-state index < -0.39 is 0 Å². The third kappa shape index (κ3) is 5.76. The lowest BCUT2D eigenvalue weighted by Gasteiger charge is -2.13. The van der Waals surface area contributed by atoms with Crippen LogP contribution in [0, 0.1) is 6.92 Å². The molecule has 0 saturated heterocycles. The first-order chi connectivity index (χ1) is 10.3. The molecular formula is C17H27N3O. The molecule has 0 aromatic heterocycles. The Morgan fingerprint density at radius 3 is 2.71 bits per heavy atom. The number of hydrazine groups is 1. The van der Waals surface area contributed by atoms with Crippen LogP contribution < -0.4 is 16.0 Å². The van der Waals surface area contributed by atoms with Crippen molar-refractivity contribution in [1.82, 2.24) is 5.43 Å². The lowest BCUT2D eigenvalue weighted by atomic mass is 10.1. The van der Waals surface area contributed by atoms with Gasteiger partial charge in [0.2, 0.25) is 0 Å². The minimum Gasteiger partial charge on any atom is -0.493 e. The van der Waals surface area contributed by atoms with Gasteiger partial charge in [0, 0.05) is 6.42 Å². The Labute approximate surface area is 127 Å². The first kappa shape index (κ1) is 15.8. The van der Waals surface area contributed by atoms with E-state index in [-0.39, 0.29) is 0 Å². The maximum Gasteiger partial charge on any atom is 0.119 e. The molecule has 1 aromatic carbocycles. The lowest BCUT2D eigenvalue weighted by molar-refractivity contribution is 0.327. The maximum absolute atomic E-state index is 5.76. The summed E-state index contributed by atoms with van der Waals surface area (Å²) in [7, 11) is 0. The molecular weight excluding hydrogens is 262 g/mol. The van der Waals surface area contributed by atoms with E-state index >= 15 is 0 Å². The molecule has 0 unspecified atom stereocenters. The molecule has 1 aromatic rings. The number of benzene rings is 1. The van der Waals surface area contributed by atoms with Crippen LogP contribution >= 0.6 is 0 Å². The Hall–Kier alpha value is -1.55. The molecule has 1 aliphatic carbocycles. The number of hydrogen-bond donors (Lipinski definition) is 2. The molecule has 116 valence electrons. The molecule has 0 aliphatic heterocycles. The zero-order valence-electron chi connectivity index (χ0n) is 13.0. The number of hydrogen-bond acceptors (Lipinski definition) is 3. The lowest BCUT2D eigenvalue weighted by Crippen LogP contribution is -2.32. The van der Waals surface area contributed by atoms with Crippen LogP contribution in [0.5, 0.6) is 5.75 Å². The molecule has 4 heteroatoms. The van der Waals surface area contributed by atoms with E-state index in [0.717, 1.165) is 18.0 Å². The number of aliphatic imine (C=N–C) groups is 1. The zero-order chi connectivity index (χ0) is 14.9. The van der Waals surface area contributed by atoms with Crippen molar-refractivity contribution in [3.05, 3.63) is 29.8 Å². The predicted molar refractivity (Wildman–Crippen MR) is 87.5 cm³/mol. The molecule has 0 heterocycles. The van der Waals surface area contributed by atoms with Crippen molar-refractivity contribution in [3.8, 4) is 5.75 Å². The molecule has 0 radical (unpaired) electrons. The van der Waals surface area contributed by atoms with Crippen molar-refractivity contribution < 1.29 is 4.74 Å². The van der Waals surface area contributed by atoms with Crippen LogP contribution in [-0.2, 0) is 0 Å². The molecule has 2 rings (SSSR count).